The van der Waals surface area contributed by atoms with Crippen molar-refractivity contribution in [2.24, 2.45) is 0 Å². The minimum Gasteiger partial charge on any atom is -0.352 e. The number of hydrogen-bond acceptors (Lipinski definition) is 5. The average molecular weight is 421 g/mol. The van der Waals surface area contributed by atoms with Crippen LogP contribution in [0.15, 0.2) is 30.6 Å². The topological polar surface area (TPSA) is 49.3 Å². The number of fused-ring (bicyclic) bond motifs is 1. The van der Waals surface area contributed by atoms with Crippen molar-refractivity contribution in [1.29, 1.82) is 0 Å². The molecular formula is C19H18Cl2N4OS. The Kier molecular flexibility index (Phi) is 5.21. The number of anilines is 1. The zero-order valence-electron chi connectivity index (χ0n) is 14.8. The zero-order chi connectivity index (χ0) is 19.0. The number of carbonyl (C=O) groups is 1. The summed E-state index contributed by atoms with van der Waals surface area (Å²) in [6.07, 6.45) is 2.62. The van der Waals surface area contributed by atoms with Crippen molar-refractivity contribution < 1.29 is 4.79 Å². The second-order valence-electron chi connectivity index (χ2n) is 6.39. The van der Waals surface area contributed by atoms with E-state index in [2.05, 4.69) is 27.9 Å². The van der Waals surface area contributed by atoms with Crippen molar-refractivity contribution >= 4 is 56.5 Å². The minimum absolute atomic E-state index is 0.0233. The summed E-state index contributed by atoms with van der Waals surface area (Å²) in [6, 6.07) is 7.19. The van der Waals surface area contributed by atoms with Gasteiger partial charge in [0.05, 0.1) is 15.4 Å². The van der Waals surface area contributed by atoms with Crippen LogP contribution < -0.4 is 4.90 Å². The molecular weight excluding hydrogens is 403 g/mol. The number of rotatable bonds is 3. The molecule has 0 aliphatic carbocycles. The number of benzene rings is 1. The molecule has 140 valence electrons. The van der Waals surface area contributed by atoms with E-state index in [1.165, 1.54) is 4.88 Å². The summed E-state index contributed by atoms with van der Waals surface area (Å²) in [5.41, 5.74) is 0.563. The molecule has 5 nitrogen and oxygen atoms in total. The van der Waals surface area contributed by atoms with Gasteiger partial charge in [0.15, 0.2) is 0 Å². The number of halogens is 2. The maximum absolute atomic E-state index is 12.7. The van der Waals surface area contributed by atoms with Crippen molar-refractivity contribution in [3.8, 4) is 0 Å². The van der Waals surface area contributed by atoms with Crippen LogP contribution in [0.1, 0.15) is 22.2 Å². The first-order valence-electron chi connectivity index (χ1n) is 8.79. The van der Waals surface area contributed by atoms with Crippen LogP contribution in [0.25, 0.3) is 10.2 Å². The quantitative estimate of drug-likeness (QED) is 0.624. The number of hydrogen-bond donors (Lipinski definition) is 0. The maximum atomic E-state index is 12.7. The normalized spacial score (nSPS) is 14.8. The van der Waals surface area contributed by atoms with Gasteiger partial charge in [0.25, 0.3) is 5.91 Å². The lowest BCUT2D eigenvalue weighted by atomic mass is 10.1. The lowest BCUT2D eigenvalue weighted by Crippen LogP contribution is -2.49. The molecule has 3 heterocycles. The van der Waals surface area contributed by atoms with E-state index in [9.17, 15) is 4.79 Å². The van der Waals surface area contributed by atoms with Crippen molar-refractivity contribution in [2.75, 3.05) is 31.1 Å². The SMILES string of the molecule is CCc1cc2c(N3CCN(C(=O)c4ccc(Cl)c(Cl)c4)CC3)ncnc2s1. The van der Waals surface area contributed by atoms with Crippen LogP contribution in [0.5, 0.6) is 0 Å². The molecule has 1 aliphatic heterocycles. The Balaban J connectivity index is 1.50. The Bertz CT molecular complexity index is 999. The highest BCUT2D eigenvalue weighted by molar-refractivity contribution is 7.18. The zero-order valence-corrected chi connectivity index (χ0v) is 17.1. The van der Waals surface area contributed by atoms with Crippen LogP contribution >= 0.6 is 34.5 Å². The number of aryl methyl sites for hydroxylation is 1. The predicted octanol–water partition coefficient (Wildman–Crippen LogP) is 4.52. The molecule has 3 aromatic rings. The van der Waals surface area contributed by atoms with Crippen molar-refractivity contribution in [1.82, 2.24) is 14.9 Å². The van der Waals surface area contributed by atoms with Crippen LogP contribution in [-0.2, 0) is 6.42 Å². The van der Waals surface area contributed by atoms with Gasteiger partial charge in [-0.15, -0.1) is 11.3 Å². The molecule has 0 radical (unpaired) electrons. The van der Waals surface area contributed by atoms with Gasteiger partial charge in [-0.25, -0.2) is 9.97 Å². The van der Waals surface area contributed by atoms with Crippen molar-refractivity contribution in [3.63, 3.8) is 0 Å². The lowest BCUT2D eigenvalue weighted by Gasteiger charge is -2.35. The Morgan fingerprint density at radius 2 is 1.89 bits per heavy atom. The highest BCUT2D eigenvalue weighted by Gasteiger charge is 2.24. The molecule has 0 unspecified atom stereocenters. The molecule has 4 rings (SSSR count). The molecule has 0 atom stereocenters. The molecule has 1 aliphatic rings. The van der Waals surface area contributed by atoms with E-state index in [1.807, 2.05) is 4.90 Å². The molecule has 0 N–H and O–H groups in total. The summed E-state index contributed by atoms with van der Waals surface area (Å²) >= 11 is 13.7. The summed E-state index contributed by atoms with van der Waals surface area (Å²) in [5, 5.41) is 1.95. The third-order valence-electron chi connectivity index (χ3n) is 4.74. The average Bonchev–Trinajstić information content (AvgIpc) is 3.13. The molecule has 1 aromatic carbocycles. The van der Waals surface area contributed by atoms with Gasteiger partial charge in [-0.1, -0.05) is 30.1 Å². The standard InChI is InChI=1S/C19H18Cl2N4OS/c1-2-13-10-14-17(22-11-23-18(14)27-13)24-5-7-25(8-6-24)19(26)12-3-4-15(20)16(21)9-12/h3-4,9-11H,2,5-8H2,1H3. The Hall–Kier alpha value is -1.89. The van der Waals surface area contributed by atoms with Gasteiger partial charge in [-0.2, -0.15) is 0 Å². The summed E-state index contributed by atoms with van der Waals surface area (Å²) in [7, 11) is 0. The summed E-state index contributed by atoms with van der Waals surface area (Å²) < 4.78 is 0. The molecule has 1 fully saturated rings. The first-order chi connectivity index (χ1) is 13.1. The second kappa shape index (κ2) is 7.62. The Morgan fingerprint density at radius 1 is 1.11 bits per heavy atom. The highest BCUT2D eigenvalue weighted by atomic mass is 35.5. The van der Waals surface area contributed by atoms with Gasteiger partial charge in [0.2, 0.25) is 0 Å². The first kappa shape index (κ1) is 18.5. The number of carbonyl (C=O) groups excluding carboxylic acids is 1. The van der Waals surface area contributed by atoms with Crippen LogP contribution in [0, 0.1) is 0 Å². The third kappa shape index (κ3) is 3.61. The van der Waals surface area contributed by atoms with Gasteiger partial charge in [-0.3, -0.25) is 4.79 Å². The van der Waals surface area contributed by atoms with E-state index >= 15 is 0 Å². The molecule has 1 saturated heterocycles. The van der Waals surface area contributed by atoms with Crippen molar-refractivity contribution in [3.05, 3.63) is 51.1 Å². The largest absolute Gasteiger partial charge is 0.352 e. The maximum Gasteiger partial charge on any atom is 0.254 e. The number of aromatic nitrogens is 2. The molecule has 0 bridgehead atoms. The van der Waals surface area contributed by atoms with E-state index < -0.39 is 0 Å². The van der Waals surface area contributed by atoms with Gasteiger partial charge in [0.1, 0.15) is 17.0 Å². The molecule has 2 aromatic heterocycles. The van der Waals surface area contributed by atoms with E-state index in [4.69, 9.17) is 23.2 Å². The fourth-order valence-electron chi connectivity index (χ4n) is 3.25. The van der Waals surface area contributed by atoms with Crippen LogP contribution in [0.4, 0.5) is 5.82 Å². The van der Waals surface area contributed by atoms with Gasteiger partial charge in [0, 0.05) is 36.6 Å². The molecule has 1 amide bonds. The summed E-state index contributed by atoms with van der Waals surface area (Å²) in [6.45, 7) is 4.88. The van der Waals surface area contributed by atoms with Gasteiger partial charge >= 0.3 is 0 Å². The third-order valence-corrected chi connectivity index (χ3v) is 6.67. The Morgan fingerprint density at radius 3 is 2.59 bits per heavy atom. The summed E-state index contributed by atoms with van der Waals surface area (Å²) in [5.74, 6) is 0.933. The molecule has 0 spiro atoms. The van der Waals surface area contributed by atoms with E-state index in [-0.39, 0.29) is 5.91 Å². The molecule has 8 heteroatoms. The minimum atomic E-state index is -0.0233. The first-order valence-corrected chi connectivity index (χ1v) is 10.4. The fourth-order valence-corrected chi connectivity index (χ4v) is 4.48. The summed E-state index contributed by atoms with van der Waals surface area (Å²) in [4.78, 5) is 28.1. The van der Waals surface area contributed by atoms with Crippen LogP contribution in [-0.4, -0.2) is 47.0 Å². The van der Waals surface area contributed by atoms with E-state index in [1.54, 1.807) is 35.9 Å². The van der Waals surface area contributed by atoms with E-state index in [0.717, 1.165) is 35.5 Å². The second-order valence-corrected chi connectivity index (χ2v) is 8.32. The highest BCUT2D eigenvalue weighted by Crippen LogP contribution is 2.31. The van der Waals surface area contributed by atoms with Crippen LogP contribution in [0.3, 0.4) is 0 Å². The number of piperazine rings is 1. The Labute approximate surface area is 171 Å². The fraction of sp³-hybridized carbons (Fsp3) is 0.316. The monoisotopic (exact) mass is 420 g/mol. The number of nitrogens with zero attached hydrogens (tertiary/aromatic N) is 4. The predicted molar refractivity (Wildman–Crippen MR) is 111 cm³/mol. The molecule has 27 heavy (non-hydrogen) atoms. The van der Waals surface area contributed by atoms with E-state index in [0.29, 0.717) is 28.7 Å². The number of thiophene rings is 1. The van der Waals surface area contributed by atoms with Crippen LogP contribution in [0.2, 0.25) is 10.0 Å². The molecule has 0 saturated carbocycles. The number of amides is 1. The lowest BCUT2D eigenvalue weighted by molar-refractivity contribution is 0.0746. The van der Waals surface area contributed by atoms with Gasteiger partial charge in [-0.05, 0) is 30.7 Å². The van der Waals surface area contributed by atoms with Gasteiger partial charge < -0.3 is 9.80 Å². The van der Waals surface area contributed by atoms with Crippen molar-refractivity contribution in [2.45, 2.75) is 13.3 Å². The smallest absolute Gasteiger partial charge is 0.254 e.